The van der Waals surface area contributed by atoms with Crippen LogP contribution in [0.25, 0.3) is 0 Å². The van der Waals surface area contributed by atoms with E-state index in [-0.39, 0.29) is 11.8 Å². The highest BCUT2D eigenvalue weighted by atomic mass is 16.2. The Morgan fingerprint density at radius 1 is 1.05 bits per heavy atom. The van der Waals surface area contributed by atoms with Crippen LogP contribution in [0.3, 0.4) is 0 Å². The highest BCUT2D eigenvalue weighted by Crippen LogP contribution is 2.15. The lowest BCUT2D eigenvalue weighted by Crippen LogP contribution is -2.31. The zero-order valence-electron chi connectivity index (χ0n) is 12.3. The molecule has 0 unspecified atom stereocenters. The minimum absolute atomic E-state index is 0.0803. The predicted octanol–water partition coefficient (Wildman–Crippen LogP) is 1.99. The minimum Gasteiger partial charge on any atom is -0.339 e. The molecule has 114 valence electrons. The van der Waals surface area contributed by atoms with E-state index in [4.69, 9.17) is 5.73 Å². The molecule has 0 aromatic heterocycles. The van der Waals surface area contributed by atoms with Gasteiger partial charge in [-0.2, -0.15) is 0 Å². The Hall–Kier alpha value is -1.88. The number of hydrogen-bond acceptors (Lipinski definition) is 3. The van der Waals surface area contributed by atoms with Crippen molar-refractivity contribution < 1.29 is 9.59 Å². The fourth-order valence-corrected chi connectivity index (χ4v) is 2.51. The Labute approximate surface area is 125 Å². The van der Waals surface area contributed by atoms with E-state index in [0.29, 0.717) is 24.2 Å². The molecule has 0 saturated carbocycles. The molecule has 1 aliphatic rings. The summed E-state index contributed by atoms with van der Waals surface area (Å²) in [5, 5.41) is 2.75. The van der Waals surface area contributed by atoms with Crippen LogP contribution in [0.4, 0.5) is 5.69 Å². The first-order chi connectivity index (χ1) is 10.2. The molecular formula is C16H23N3O2. The van der Waals surface area contributed by atoms with Crippen LogP contribution in [0.5, 0.6) is 0 Å². The molecule has 2 rings (SSSR count). The average Bonchev–Trinajstić information content (AvgIpc) is 2.76. The molecule has 5 nitrogen and oxygen atoms in total. The Balaban J connectivity index is 1.97. The summed E-state index contributed by atoms with van der Waals surface area (Å²) in [5.74, 6) is -0.0270. The normalized spacial score (nSPS) is 15.4. The van der Waals surface area contributed by atoms with Crippen molar-refractivity contribution >= 4 is 17.5 Å². The second-order valence-electron chi connectivity index (χ2n) is 5.37. The Bertz CT molecular complexity index is 477. The smallest absolute Gasteiger partial charge is 0.253 e. The van der Waals surface area contributed by atoms with Gasteiger partial charge in [0.1, 0.15) is 0 Å². The van der Waals surface area contributed by atoms with Crippen molar-refractivity contribution in [3.63, 3.8) is 0 Å². The lowest BCUT2D eigenvalue weighted by atomic mass is 10.1. The van der Waals surface area contributed by atoms with Crippen molar-refractivity contribution in [3.8, 4) is 0 Å². The number of hydrogen-bond donors (Lipinski definition) is 2. The van der Waals surface area contributed by atoms with Crippen LogP contribution in [0.1, 0.15) is 42.5 Å². The minimum atomic E-state index is -0.107. The molecule has 0 bridgehead atoms. The third-order valence-electron chi connectivity index (χ3n) is 3.68. The van der Waals surface area contributed by atoms with Crippen molar-refractivity contribution in [2.45, 2.75) is 32.1 Å². The topological polar surface area (TPSA) is 75.4 Å². The third-order valence-corrected chi connectivity index (χ3v) is 3.68. The third kappa shape index (κ3) is 4.56. The van der Waals surface area contributed by atoms with Gasteiger partial charge in [-0.3, -0.25) is 9.59 Å². The van der Waals surface area contributed by atoms with Gasteiger partial charge in [0.25, 0.3) is 5.91 Å². The Kier molecular flexibility index (Phi) is 5.75. The van der Waals surface area contributed by atoms with Gasteiger partial charge < -0.3 is 16.0 Å². The standard InChI is InChI=1S/C16H23N3O2/c17-10-9-15(20)18-14-7-5-13(6-8-14)16(21)19-11-3-1-2-4-12-19/h5-8H,1-4,9-12,17H2,(H,18,20). The average molecular weight is 289 g/mol. The molecule has 1 heterocycles. The van der Waals surface area contributed by atoms with E-state index in [0.717, 1.165) is 25.9 Å². The molecule has 0 aliphatic carbocycles. The van der Waals surface area contributed by atoms with E-state index >= 15 is 0 Å². The second kappa shape index (κ2) is 7.78. The molecule has 1 aliphatic heterocycles. The van der Waals surface area contributed by atoms with Crippen LogP contribution < -0.4 is 11.1 Å². The van der Waals surface area contributed by atoms with E-state index in [1.54, 1.807) is 24.3 Å². The van der Waals surface area contributed by atoms with Crippen molar-refractivity contribution in [3.05, 3.63) is 29.8 Å². The first-order valence-electron chi connectivity index (χ1n) is 7.60. The van der Waals surface area contributed by atoms with E-state index in [1.807, 2.05) is 4.90 Å². The van der Waals surface area contributed by atoms with Gasteiger partial charge in [-0.05, 0) is 37.1 Å². The van der Waals surface area contributed by atoms with Gasteiger partial charge in [-0.25, -0.2) is 0 Å². The second-order valence-corrected chi connectivity index (χ2v) is 5.37. The summed E-state index contributed by atoms with van der Waals surface area (Å²) in [5.41, 5.74) is 6.70. The van der Waals surface area contributed by atoms with Crippen molar-refractivity contribution in [2.24, 2.45) is 5.73 Å². The molecule has 1 aromatic rings. The molecule has 1 aromatic carbocycles. The SMILES string of the molecule is NCCC(=O)Nc1ccc(C(=O)N2CCCCCC2)cc1. The summed E-state index contributed by atoms with van der Waals surface area (Å²) in [6.07, 6.45) is 4.87. The summed E-state index contributed by atoms with van der Waals surface area (Å²) in [4.78, 5) is 25.8. The van der Waals surface area contributed by atoms with Crippen LogP contribution in [-0.4, -0.2) is 36.3 Å². The molecule has 21 heavy (non-hydrogen) atoms. The fourth-order valence-electron chi connectivity index (χ4n) is 2.51. The quantitative estimate of drug-likeness (QED) is 0.890. The maximum atomic E-state index is 12.4. The number of anilines is 1. The van der Waals surface area contributed by atoms with Gasteiger partial charge in [0.05, 0.1) is 0 Å². The summed E-state index contributed by atoms with van der Waals surface area (Å²) in [6.45, 7) is 2.01. The van der Waals surface area contributed by atoms with Gasteiger partial charge in [0.15, 0.2) is 0 Å². The maximum Gasteiger partial charge on any atom is 0.253 e. The maximum absolute atomic E-state index is 12.4. The molecule has 0 atom stereocenters. The number of nitrogens with one attached hydrogen (secondary N) is 1. The van der Waals surface area contributed by atoms with Gasteiger partial charge in [0, 0.05) is 37.3 Å². The van der Waals surface area contributed by atoms with Crippen LogP contribution >= 0.6 is 0 Å². The number of nitrogens with zero attached hydrogens (tertiary/aromatic N) is 1. The van der Waals surface area contributed by atoms with Crippen molar-refractivity contribution in [2.75, 3.05) is 25.0 Å². The lowest BCUT2D eigenvalue weighted by molar-refractivity contribution is -0.116. The largest absolute Gasteiger partial charge is 0.339 e. The Morgan fingerprint density at radius 3 is 2.24 bits per heavy atom. The summed E-state index contributed by atoms with van der Waals surface area (Å²) in [6, 6.07) is 7.06. The van der Waals surface area contributed by atoms with E-state index in [2.05, 4.69) is 5.32 Å². The zero-order valence-corrected chi connectivity index (χ0v) is 12.3. The number of benzene rings is 1. The summed E-state index contributed by atoms with van der Waals surface area (Å²) < 4.78 is 0. The van der Waals surface area contributed by atoms with Crippen molar-refractivity contribution in [1.29, 1.82) is 0 Å². The van der Waals surface area contributed by atoms with Crippen LogP contribution in [0, 0.1) is 0 Å². The van der Waals surface area contributed by atoms with Crippen LogP contribution in [0.15, 0.2) is 24.3 Å². The molecule has 5 heteroatoms. The van der Waals surface area contributed by atoms with Gasteiger partial charge >= 0.3 is 0 Å². The molecule has 0 radical (unpaired) electrons. The highest BCUT2D eigenvalue weighted by molar-refractivity contribution is 5.95. The fraction of sp³-hybridized carbons (Fsp3) is 0.500. The molecule has 3 N–H and O–H groups in total. The molecule has 2 amide bonds. The molecular weight excluding hydrogens is 266 g/mol. The van der Waals surface area contributed by atoms with Crippen LogP contribution in [-0.2, 0) is 4.79 Å². The van der Waals surface area contributed by atoms with Crippen molar-refractivity contribution in [1.82, 2.24) is 4.90 Å². The van der Waals surface area contributed by atoms with E-state index in [9.17, 15) is 9.59 Å². The number of carbonyl (C=O) groups excluding carboxylic acids is 2. The molecule has 1 fully saturated rings. The highest BCUT2D eigenvalue weighted by Gasteiger charge is 2.17. The van der Waals surface area contributed by atoms with Crippen LogP contribution in [0.2, 0.25) is 0 Å². The zero-order chi connectivity index (χ0) is 15.1. The number of amides is 2. The molecule has 1 saturated heterocycles. The monoisotopic (exact) mass is 289 g/mol. The molecule has 0 spiro atoms. The first kappa shape index (κ1) is 15.5. The van der Waals surface area contributed by atoms with E-state index < -0.39 is 0 Å². The number of likely N-dealkylation sites (tertiary alicyclic amines) is 1. The first-order valence-corrected chi connectivity index (χ1v) is 7.60. The van der Waals surface area contributed by atoms with Gasteiger partial charge in [-0.15, -0.1) is 0 Å². The Morgan fingerprint density at radius 2 is 1.67 bits per heavy atom. The number of carbonyl (C=O) groups is 2. The lowest BCUT2D eigenvalue weighted by Gasteiger charge is -2.20. The number of rotatable bonds is 4. The van der Waals surface area contributed by atoms with Gasteiger partial charge in [-0.1, -0.05) is 12.8 Å². The predicted molar refractivity (Wildman–Crippen MR) is 83.1 cm³/mol. The summed E-state index contributed by atoms with van der Waals surface area (Å²) >= 11 is 0. The number of nitrogens with two attached hydrogens (primary N) is 1. The van der Waals surface area contributed by atoms with Gasteiger partial charge in [0.2, 0.25) is 5.91 Å². The summed E-state index contributed by atoms with van der Waals surface area (Å²) in [7, 11) is 0. The van der Waals surface area contributed by atoms with E-state index in [1.165, 1.54) is 12.8 Å².